The Balaban J connectivity index is 2.10. The summed E-state index contributed by atoms with van der Waals surface area (Å²) in [6.07, 6.45) is 3.67. The maximum Gasteiger partial charge on any atom is 0.157 e. The van der Waals surface area contributed by atoms with Gasteiger partial charge in [0.1, 0.15) is 6.61 Å². The summed E-state index contributed by atoms with van der Waals surface area (Å²) >= 11 is 12.0. The zero-order valence-corrected chi connectivity index (χ0v) is 11.4. The van der Waals surface area contributed by atoms with Gasteiger partial charge in [-0.1, -0.05) is 23.2 Å². The lowest BCUT2D eigenvalue weighted by Crippen LogP contribution is -1.97. The third-order valence-corrected chi connectivity index (χ3v) is 2.98. The number of ether oxygens (including phenoxy) is 1. The van der Waals surface area contributed by atoms with Crippen molar-refractivity contribution in [2.45, 2.75) is 20.1 Å². The minimum atomic E-state index is 0.364. The van der Waals surface area contributed by atoms with Gasteiger partial charge in [-0.3, -0.25) is 4.68 Å². The zero-order chi connectivity index (χ0) is 13.1. The number of rotatable bonds is 4. The first-order valence-corrected chi connectivity index (χ1v) is 6.24. The monoisotopic (exact) mass is 285 g/mol. The van der Waals surface area contributed by atoms with E-state index in [0.717, 1.165) is 12.1 Å². The van der Waals surface area contributed by atoms with E-state index in [9.17, 15) is 0 Å². The Morgan fingerprint density at radius 1 is 1.33 bits per heavy atom. The third kappa shape index (κ3) is 2.89. The number of aromatic nitrogens is 2. The molecule has 0 atom stereocenters. The van der Waals surface area contributed by atoms with E-state index in [1.165, 1.54) is 0 Å². The van der Waals surface area contributed by atoms with E-state index in [-0.39, 0.29) is 0 Å². The second-order valence-electron chi connectivity index (χ2n) is 3.81. The highest BCUT2D eigenvalue weighted by Gasteiger charge is 2.09. The highest BCUT2D eigenvalue weighted by molar-refractivity contribution is 6.37. The van der Waals surface area contributed by atoms with E-state index in [2.05, 4.69) is 5.10 Å². The smallest absolute Gasteiger partial charge is 0.157 e. The van der Waals surface area contributed by atoms with Crippen LogP contribution in [0.2, 0.25) is 10.0 Å². The van der Waals surface area contributed by atoms with Crippen molar-refractivity contribution in [3.63, 3.8) is 0 Å². The molecular formula is C12H13Cl2N3O. The number of halogens is 2. The van der Waals surface area contributed by atoms with E-state index in [1.807, 2.05) is 17.8 Å². The lowest BCUT2D eigenvalue weighted by molar-refractivity contribution is 0.306. The number of nitrogen functional groups attached to an aromatic ring is 1. The number of aryl methyl sites for hydroxylation is 1. The highest BCUT2D eigenvalue weighted by Crippen LogP contribution is 2.35. The number of nitrogens with zero attached hydrogens (tertiary/aromatic N) is 2. The van der Waals surface area contributed by atoms with Gasteiger partial charge in [0.25, 0.3) is 0 Å². The van der Waals surface area contributed by atoms with Crippen LogP contribution in [0.25, 0.3) is 0 Å². The summed E-state index contributed by atoms with van der Waals surface area (Å²) < 4.78 is 7.42. The third-order valence-electron chi connectivity index (χ3n) is 2.41. The predicted molar refractivity (Wildman–Crippen MR) is 73.1 cm³/mol. The molecule has 1 aromatic heterocycles. The summed E-state index contributed by atoms with van der Waals surface area (Å²) in [6.45, 7) is 3.21. The molecule has 6 heteroatoms. The van der Waals surface area contributed by atoms with Crippen molar-refractivity contribution in [1.29, 1.82) is 0 Å². The molecule has 18 heavy (non-hydrogen) atoms. The SMILES string of the molecule is CCn1cc(COc2c(Cl)cc(N)cc2Cl)cn1. The van der Waals surface area contributed by atoms with Gasteiger partial charge in [0, 0.05) is 24.0 Å². The molecule has 96 valence electrons. The van der Waals surface area contributed by atoms with Crippen molar-refractivity contribution in [2.24, 2.45) is 0 Å². The molecule has 0 aliphatic heterocycles. The largest absolute Gasteiger partial charge is 0.486 e. The maximum atomic E-state index is 6.02. The standard InChI is InChI=1S/C12H13Cl2N3O/c1-2-17-6-8(5-16-17)7-18-12-10(13)3-9(15)4-11(12)14/h3-6H,2,7,15H2,1H3. The fraction of sp³-hybridized carbons (Fsp3) is 0.250. The van der Waals surface area contributed by atoms with Gasteiger partial charge >= 0.3 is 0 Å². The van der Waals surface area contributed by atoms with Crippen LogP contribution in [-0.4, -0.2) is 9.78 Å². The maximum absolute atomic E-state index is 6.02. The van der Waals surface area contributed by atoms with Crippen LogP contribution >= 0.6 is 23.2 Å². The van der Waals surface area contributed by atoms with Gasteiger partial charge in [0.2, 0.25) is 0 Å². The summed E-state index contributed by atoms with van der Waals surface area (Å²) in [4.78, 5) is 0. The molecular weight excluding hydrogens is 273 g/mol. The average molecular weight is 286 g/mol. The molecule has 2 N–H and O–H groups in total. The van der Waals surface area contributed by atoms with Gasteiger partial charge in [-0.05, 0) is 19.1 Å². The van der Waals surface area contributed by atoms with Crippen LogP contribution in [0, 0.1) is 0 Å². The van der Waals surface area contributed by atoms with Gasteiger partial charge < -0.3 is 10.5 Å². The summed E-state index contributed by atoms with van der Waals surface area (Å²) in [6, 6.07) is 3.22. The van der Waals surface area contributed by atoms with Crippen LogP contribution in [0.15, 0.2) is 24.5 Å². The Labute approximate surface area is 115 Å². The lowest BCUT2D eigenvalue weighted by Gasteiger charge is -2.09. The lowest BCUT2D eigenvalue weighted by atomic mass is 10.3. The van der Waals surface area contributed by atoms with Crippen LogP contribution < -0.4 is 10.5 Å². The molecule has 0 saturated heterocycles. The van der Waals surface area contributed by atoms with E-state index in [4.69, 9.17) is 33.7 Å². The topological polar surface area (TPSA) is 53.1 Å². The highest BCUT2D eigenvalue weighted by atomic mass is 35.5. The van der Waals surface area contributed by atoms with E-state index in [1.54, 1.807) is 18.3 Å². The first-order chi connectivity index (χ1) is 8.60. The fourth-order valence-electron chi connectivity index (χ4n) is 1.53. The Kier molecular flexibility index (Phi) is 3.99. The molecule has 2 rings (SSSR count). The van der Waals surface area contributed by atoms with Gasteiger partial charge in [-0.2, -0.15) is 5.10 Å². The first kappa shape index (κ1) is 13.1. The molecule has 0 aliphatic carbocycles. The minimum absolute atomic E-state index is 0.364. The Morgan fingerprint density at radius 3 is 2.56 bits per heavy atom. The summed E-state index contributed by atoms with van der Waals surface area (Å²) in [7, 11) is 0. The summed E-state index contributed by atoms with van der Waals surface area (Å²) in [5, 5.41) is 4.97. The van der Waals surface area contributed by atoms with Crippen LogP contribution in [-0.2, 0) is 13.2 Å². The van der Waals surface area contributed by atoms with Crippen molar-refractivity contribution >= 4 is 28.9 Å². The molecule has 0 radical (unpaired) electrons. The molecule has 1 aromatic carbocycles. The second kappa shape index (κ2) is 5.50. The van der Waals surface area contributed by atoms with Gasteiger partial charge in [0.05, 0.1) is 16.2 Å². The van der Waals surface area contributed by atoms with Gasteiger partial charge in [-0.25, -0.2) is 0 Å². The molecule has 1 heterocycles. The van der Waals surface area contributed by atoms with Crippen molar-refractivity contribution in [2.75, 3.05) is 5.73 Å². The van der Waals surface area contributed by atoms with Gasteiger partial charge in [-0.15, -0.1) is 0 Å². The predicted octanol–water partition coefficient (Wildman–Crippen LogP) is 3.37. The van der Waals surface area contributed by atoms with E-state index < -0.39 is 0 Å². The molecule has 0 aliphatic rings. The number of hydrogen-bond acceptors (Lipinski definition) is 3. The number of benzene rings is 1. The fourth-order valence-corrected chi connectivity index (χ4v) is 2.14. The van der Waals surface area contributed by atoms with Crippen molar-refractivity contribution < 1.29 is 4.74 Å². The molecule has 0 unspecified atom stereocenters. The van der Waals surface area contributed by atoms with Crippen LogP contribution in [0.3, 0.4) is 0 Å². The number of nitrogens with two attached hydrogens (primary N) is 1. The molecule has 0 saturated carbocycles. The van der Waals surface area contributed by atoms with Crippen LogP contribution in [0.4, 0.5) is 5.69 Å². The Hall–Kier alpha value is -1.39. The van der Waals surface area contributed by atoms with Crippen molar-refractivity contribution in [1.82, 2.24) is 9.78 Å². The quantitative estimate of drug-likeness (QED) is 0.877. The van der Waals surface area contributed by atoms with Crippen molar-refractivity contribution in [3.05, 3.63) is 40.1 Å². The first-order valence-electron chi connectivity index (χ1n) is 5.48. The molecule has 2 aromatic rings. The normalized spacial score (nSPS) is 10.6. The Morgan fingerprint density at radius 2 is 2.00 bits per heavy atom. The second-order valence-corrected chi connectivity index (χ2v) is 4.62. The van der Waals surface area contributed by atoms with E-state index in [0.29, 0.717) is 28.1 Å². The molecule has 0 spiro atoms. The number of anilines is 1. The number of hydrogen-bond donors (Lipinski definition) is 1. The molecule has 0 fully saturated rings. The Bertz CT molecular complexity index is 531. The van der Waals surface area contributed by atoms with E-state index >= 15 is 0 Å². The van der Waals surface area contributed by atoms with Crippen molar-refractivity contribution in [3.8, 4) is 5.75 Å². The summed E-state index contributed by atoms with van der Waals surface area (Å²) in [5.74, 6) is 0.441. The summed E-state index contributed by atoms with van der Waals surface area (Å²) in [5.41, 5.74) is 7.09. The zero-order valence-electron chi connectivity index (χ0n) is 9.86. The van der Waals surface area contributed by atoms with Crippen LogP contribution in [0.5, 0.6) is 5.75 Å². The molecule has 0 bridgehead atoms. The minimum Gasteiger partial charge on any atom is -0.486 e. The molecule has 0 amide bonds. The van der Waals surface area contributed by atoms with Gasteiger partial charge in [0.15, 0.2) is 5.75 Å². The van der Waals surface area contributed by atoms with Crippen LogP contribution in [0.1, 0.15) is 12.5 Å². The molecule has 4 nitrogen and oxygen atoms in total. The average Bonchev–Trinajstić information content (AvgIpc) is 2.75.